The summed E-state index contributed by atoms with van der Waals surface area (Å²) in [5.74, 6) is -2.05. The van der Waals surface area contributed by atoms with Crippen LogP contribution in [0.25, 0.3) is 0 Å². The molecule has 0 saturated carbocycles. The fourth-order valence-corrected chi connectivity index (χ4v) is 0.876. The van der Waals surface area contributed by atoms with Crippen molar-refractivity contribution >= 4 is 11.9 Å². The molecule has 0 rings (SSSR count). The second-order valence-electron chi connectivity index (χ2n) is 2.94. The molecular formula is C9H11F3O4. The molecule has 7 heteroatoms. The molecular weight excluding hydrogens is 229 g/mol. The minimum Gasteiger partial charge on any atom is -0.466 e. The lowest BCUT2D eigenvalue weighted by Crippen LogP contribution is -2.34. The van der Waals surface area contributed by atoms with Gasteiger partial charge in [-0.05, 0) is 0 Å². The van der Waals surface area contributed by atoms with E-state index in [-0.39, 0.29) is 0 Å². The Kier molecular flexibility index (Phi) is 5.00. The lowest BCUT2D eigenvalue weighted by atomic mass is 10.1. The lowest BCUT2D eigenvalue weighted by molar-refractivity contribution is -0.219. The molecule has 0 aliphatic carbocycles. The Morgan fingerprint density at radius 2 is 1.88 bits per heavy atom. The molecule has 4 nitrogen and oxygen atoms in total. The van der Waals surface area contributed by atoms with Crippen molar-refractivity contribution in [3.8, 4) is 0 Å². The first kappa shape index (κ1) is 14.5. The smallest absolute Gasteiger partial charge is 0.425 e. The zero-order valence-corrected chi connectivity index (χ0v) is 8.76. The predicted octanol–water partition coefficient (Wildman–Crippen LogP) is 1.60. The number of carbonyl (C=O) groups excluding carboxylic acids is 2. The quantitative estimate of drug-likeness (QED) is 0.553. The number of alkyl halides is 3. The van der Waals surface area contributed by atoms with Crippen LogP contribution in [0.15, 0.2) is 12.2 Å². The van der Waals surface area contributed by atoms with Crippen LogP contribution in [-0.2, 0) is 19.1 Å². The third kappa shape index (κ3) is 4.81. The fourth-order valence-electron chi connectivity index (χ4n) is 0.876. The normalized spacial score (nSPS) is 12.8. The van der Waals surface area contributed by atoms with Gasteiger partial charge in [0.1, 0.15) is 0 Å². The van der Waals surface area contributed by atoms with Crippen molar-refractivity contribution in [3.63, 3.8) is 0 Å². The third-order valence-electron chi connectivity index (χ3n) is 1.58. The summed E-state index contributed by atoms with van der Waals surface area (Å²) in [5, 5.41) is 0. The highest BCUT2D eigenvalue weighted by Gasteiger charge is 2.43. The SMILES string of the molecule is C=C(CC(OC(C)=O)C(F)(F)F)C(=O)OC. The van der Waals surface area contributed by atoms with Gasteiger partial charge in [-0.3, -0.25) is 4.79 Å². The van der Waals surface area contributed by atoms with E-state index >= 15 is 0 Å². The Labute approximate surface area is 90.0 Å². The summed E-state index contributed by atoms with van der Waals surface area (Å²) in [5.41, 5.74) is -0.411. The maximum atomic E-state index is 12.3. The number of rotatable bonds is 4. The summed E-state index contributed by atoms with van der Waals surface area (Å²) < 4.78 is 45.2. The molecule has 0 fully saturated rings. The van der Waals surface area contributed by atoms with Crippen LogP contribution in [-0.4, -0.2) is 31.3 Å². The average molecular weight is 240 g/mol. The molecule has 1 atom stereocenters. The van der Waals surface area contributed by atoms with Crippen LogP contribution in [0.5, 0.6) is 0 Å². The van der Waals surface area contributed by atoms with E-state index in [0.29, 0.717) is 0 Å². The standard InChI is InChI=1S/C9H11F3O4/c1-5(8(14)15-3)4-7(9(10,11)12)16-6(2)13/h7H,1,4H2,2-3H3. The Bertz CT molecular complexity index is 296. The van der Waals surface area contributed by atoms with Crippen LogP contribution in [0.1, 0.15) is 13.3 Å². The van der Waals surface area contributed by atoms with Crippen molar-refractivity contribution in [1.29, 1.82) is 0 Å². The van der Waals surface area contributed by atoms with E-state index in [0.717, 1.165) is 14.0 Å². The first-order valence-electron chi connectivity index (χ1n) is 4.18. The highest BCUT2D eigenvalue weighted by atomic mass is 19.4. The molecule has 16 heavy (non-hydrogen) atoms. The molecule has 0 amide bonds. The first-order chi connectivity index (χ1) is 7.18. The molecule has 0 aromatic heterocycles. The van der Waals surface area contributed by atoms with Crippen molar-refractivity contribution in [1.82, 2.24) is 0 Å². The molecule has 92 valence electrons. The molecule has 0 N–H and O–H groups in total. The van der Waals surface area contributed by atoms with Gasteiger partial charge in [0, 0.05) is 18.9 Å². The summed E-state index contributed by atoms with van der Waals surface area (Å²) in [7, 11) is 1.02. The van der Waals surface area contributed by atoms with Gasteiger partial charge in [0.25, 0.3) is 0 Å². The van der Waals surface area contributed by atoms with Gasteiger partial charge in [0.05, 0.1) is 7.11 Å². The summed E-state index contributed by atoms with van der Waals surface area (Å²) in [6, 6.07) is 0. The number of carbonyl (C=O) groups is 2. The van der Waals surface area contributed by atoms with Gasteiger partial charge in [0.15, 0.2) is 0 Å². The van der Waals surface area contributed by atoms with Crippen LogP contribution in [0.4, 0.5) is 13.2 Å². The van der Waals surface area contributed by atoms with Crippen molar-refractivity contribution in [2.45, 2.75) is 25.6 Å². The van der Waals surface area contributed by atoms with Gasteiger partial charge in [-0.25, -0.2) is 4.79 Å². The number of hydrogen-bond acceptors (Lipinski definition) is 4. The van der Waals surface area contributed by atoms with Crippen LogP contribution in [0, 0.1) is 0 Å². The number of methoxy groups -OCH3 is 1. The van der Waals surface area contributed by atoms with Crippen LogP contribution >= 0.6 is 0 Å². The van der Waals surface area contributed by atoms with Crippen LogP contribution in [0.2, 0.25) is 0 Å². The van der Waals surface area contributed by atoms with E-state index in [4.69, 9.17) is 0 Å². The lowest BCUT2D eigenvalue weighted by Gasteiger charge is -2.20. The van der Waals surface area contributed by atoms with Crippen molar-refractivity contribution in [3.05, 3.63) is 12.2 Å². The average Bonchev–Trinajstić information content (AvgIpc) is 2.13. The van der Waals surface area contributed by atoms with Gasteiger partial charge in [-0.2, -0.15) is 13.2 Å². The largest absolute Gasteiger partial charge is 0.466 e. The van der Waals surface area contributed by atoms with Gasteiger partial charge in [-0.15, -0.1) is 0 Å². The minimum absolute atomic E-state index is 0.411. The Balaban J connectivity index is 4.62. The van der Waals surface area contributed by atoms with Crippen molar-refractivity contribution in [2.75, 3.05) is 7.11 Å². The monoisotopic (exact) mass is 240 g/mol. The highest BCUT2D eigenvalue weighted by Crippen LogP contribution is 2.27. The van der Waals surface area contributed by atoms with E-state index in [1.54, 1.807) is 0 Å². The van der Waals surface area contributed by atoms with Gasteiger partial charge in [0.2, 0.25) is 6.10 Å². The Hall–Kier alpha value is -1.53. The molecule has 0 saturated heterocycles. The summed E-state index contributed by atoms with van der Waals surface area (Å²) in [6.45, 7) is 3.97. The molecule has 0 spiro atoms. The van der Waals surface area contributed by atoms with Crippen LogP contribution < -0.4 is 0 Å². The minimum atomic E-state index is -4.75. The highest BCUT2D eigenvalue weighted by molar-refractivity contribution is 5.87. The molecule has 0 radical (unpaired) electrons. The van der Waals surface area contributed by atoms with E-state index in [1.807, 2.05) is 0 Å². The number of ether oxygens (including phenoxy) is 2. The maximum Gasteiger partial charge on any atom is 0.425 e. The Morgan fingerprint density at radius 3 is 2.19 bits per heavy atom. The van der Waals surface area contributed by atoms with E-state index < -0.39 is 36.2 Å². The Morgan fingerprint density at radius 1 is 1.38 bits per heavy atom. The van der Waals surface area contributed by atoms with Crippen LogP contribution in [0.3, 0.4) is 0 Å². The zero-order valence-electron chi connectivity index (χ0n) is 8.76. The summed E-state index contributed by atoms with van der Waals surface area (Å²) in [4.78, 5) is 21.3. The van der Waals surface area contributed by atoms with Crippen molar-refractivity contribution < 1.29 is 32.2 Å². The summed E-state index contributed by atoms with van der Waals surface area (Å²) >= 11 is 0. The molecule has 0 heterocycles. The molecule has 0 aromatic carbocycles. The fraction of sp³-hybridized carbons (Fsp3) is 0.556. The molecule has 0 aromatic rings. The van der Waals surface area contributed by atoms with Gasteiger partial charge >= 0.3 is 18.1 Å². The zero-order chi connectivity index (χ0) is 12.9. The number of hydrogen-bond donors (Lipinski definition) is 0. The van der Waals surface area contributed by atoms with E-state index in [2.05, 4.69) is 16.1 Å². The number of halogens is 3. The second-order valence-corrected chi connectivity index (χ2v) is 2.94. The number of esters is 2. The molecule has 0 aliphatic rings. The van der Waals surface area contributed by atoms with E-state index in [1.165, 1.54) is 0 Å². The first-order valence-corrected chi connectivity index (χ1v) is 4.18. The third-order valence-corrected chi connectivity index (χ3v) is 1.58. The molecule has 1 unspecified atom stereocenters. The molecule has 0 aliphatic heterocycles. The topological polar surface area (TPSA) is 52.6 Å². The predicted molar refractivity (Wildman–Crippen MR) is 47.4 cm³/mol. The van der Waals surface area contributed by atoms with Gasteiger partial charge in [-0.1, -0.05) is 6.58 Å². The second kappa shape index (κ2) is 5.53. The molecule has 0 bridgehead atoms. The van der Waals surface area contributed by atoms with Gasteiger partial charge < -0.3 is 9.47 Å². The summed E-state index contributed by atoms with van der Waals surface area (Å²) in [6.07, 6.45) is -7.96. The maximum absolute atomic E-state index is 12.3. The van der Waals surface area contributed by atoms with Crippen molar-refractivity contribution in [2.24, 2.45) is 0 Å². The van der Waals surface area contributed by atoms with E-state index in [9.17, 15) is 22.8 Å².